The zero-order chi connectivity index (χ0) is 13.5. The number of carboxylic acids is 1. The largest absolute Gasteiger partial charge is 0.480 e. The van der Waals surface area contributed by atoms with Gasteiger partial charge in [-0.1, -0.05) is 19.1 Å². The average Bonchev–Trinajstić information content (AvgIpc) is 2.33. The summed E-state index contributed by atoms with van der Waals surface area (Å²) in [7, 11) is 1.99. The molecule has 0 spiro atoms. The van der Waals surface area contributed by atoms with E-state index in [0.29, 0.717) is 19.5 Å². The van der Waals surface area contributed by atoms with Crippen LogP contribution in [0, 0.1) is 6.92 Å². The Bertz CT molecular complexity index is 393. The number of aryl methyl sites for hydroxylation is 1. The molecule has 4 nitrogen and oxygen atoms in total. The molecule has 0 heterocycles. The maximum atomic E-state index is 11.0. The van der Waals surface area contributed by atoms with Gasteiger partial charge in [0, 0.05) is 19.3 Å². The molecule has 1 rings (SSSR count). The third kappa shape index (κ3) is 4.37. The molecule has 0 saturated heterocycles. The van der Waals surface area contributed by atoms with Gasteiger partial charge >= 0.3 is 5.97 Å². The normalized spacial score (nSPS) is 12.2. The summed E-state index contributed by atoms with van der Waals surface area (Å²) in [4.78, 5) is 13.1. The van der Waals surface area contributed by atoms with E-state index >= 15 is 0 Å². The molecular formula is C14H22N2O2. The Labute approximate surface area is 109 Å². The zero-order valence-electron chi connectivity index (χ0n) is 11.3. The number of anilines is 1. The fourth-order valence-electron chi connectivity index (χ4n) is 1.88. The van der Waals surface area contributed by atoms with Crippen LogP contribution in [0.5, 0.6) is 0 Å². The van der Waals surface area contributed by atoms with Crippen molar-refractivity contribution in [2.45, 2.75) is 26.3 Å². The van der Waals surface area contributed by atoms with Crippen LogP contribution in [0.2, 0.25) is 0 Å². The fraction of sp³-hybridized carbons (Fsp3) is 0.500. The van der Waals surface area contributed by atoms with Crippen molar-refractivity contribution in [3.05, 3.63) is 29.8 Å². The summed E-state index contributed by atoms with van der Waals surface area (Å²) < 4.78 is 0. The van der Waals surface area contributed by atoms with E-state index in [1.807, 2.05) is 26.1 Å². The molecule has 0 amide bonds. The molecule has 2 N–H and O–H groups in total. The first kappa shape index (κ1) is 14.5. The van der Waals surface area contributed by atoms with Crippen molar-refractivity contribution in [3.8, 4) is 0 Å². The Morgan fingerprint density at radius 2 is 2.22 bits per heavy atom. The number of rotatable bonds is 7. The maximum absolute atomic E-state index is 11.0. The monoisotopic (exact) mass is 250 g/mol. The number of hydrogen-bond acceptors (Lipinski definition) is 3. The molecule has 18 heavy (non-hydrogen) atoms. The van der Waals surface area contributed by atoms with E-state index in [9.17, 15) is 4.79 Å². The van der Waals surface area contributed by atoms with Gasteiger partial charge in [0.2, 0.25) is 0 Å². The van der Waals surface area contributed by atoms with Gasteiger partial charge in [-0.05, 0) is 37.6 Å². The Morgan fingerprint density at radius 1 is 1.50 bits per heavy atom. The van der Waals surface area contributed by atoms with Crippen LogP contribution in [0.3, 0.4) is 0 Å². The highest BCUT2D eigenvalue weighted by Crippen LogP contribution is 2.14. The summed E-state index contributed by atoms with van der Waals surface area (Å²) in [5.74, 6) is -0.783. The lowest BCUT2D eigenvalue weighted by Crippen LogP contribution is -2.39. The molecule has 0 aliphatic carbocycles. The second-order valence-electron chi connectivity index (χ2n) is 4.50. The van der Waals surface area contributed by atoms with Gasteiger partial charge in [0.15, 0.2) is 0 Å². The van der Waals surface area contributed by atoms with E-state index in [1.54, 1.807) is 0 Å². The minimum atomic E-state index is -0.783. The average molecular weight is 250 g/mol. The highest BCUT2D eigenvalue weighted by atomic mass is 16.4. The predicted octanol–water partition coefficient (Wildman–Crippen LogP) is 1.88. The quantitative estimate of drug-likeness (QED) is 0.776. The van der Waals surface area contributed by atoms with Crippen molar-refractivity contribution < 1.29 is 9.90 Å². The van der Waals surface area contributed by atoms with Crippen LogP contribution in [0.15, 0.2) is 24.3 Å². The summed E-state index contributed by atoms with van der Waals surface area (Å²) in [6.07, 6.45) is 0.591. The number of likely N-dealkylation sites (N-methyl/N-ethyl adjacent to an activating group) is 1. The molecule has 1 unspecified atom stereocenters. The van der Waals surface area contributed by atoms with Crippen molar-refractivity contribution in [3.63, 3.8) is 0 Å². The summed E-state index contributed by atoms with van der Waals surface area (Å²) >= 11 is 0. The Kier molecular flexibility index (Phi) is 5.65. The minimum Gasteiger partial charge on any atom is -0.480 e. The number of carboxylic acid groups (broad SMARTS) is 1. The molecule has 0 fully saturated rings. The molecule has 0 aliphatic heterocycles. The van der Waals surface area contributed by atoms with Crippen LogP contribution >= 0.6 is 0 Å². The van der Waals surface area contributed by atoms with Crippen molar-refractivity contribution in [2.75, 3.05) is 25.0 Å². The van der Waals surface area contributed by atoms with Crippen LogP contribution in [0.1, 0.15) is 18.9 Å². The Morgan fingerprint density at radius 3 is 2.78 bits per heavy atom. The molecule has 1 aromatic rings. The van der Waals surface area contributed by atoms with Gasteiger partial charge in [-0.2, -0.15) is 0 Å². The SMILES string of the molecule is CCNC(CCN(C)c1cccc(C)c1)C(=O)O. The van der Waals surface area contributed by atoms with Gasteiger partial charge < -0.3 is 15.3 Å². The Hall–Kier alpha value is -1.55. The van der Waals surface area contributed by atoms with E-state index in [2.05, 4.69) is 29.3 Å². The molecule has 0 aliphatic rings. The van der Waals surface area contributed by atoms with Crippen LogP contribution in [0.4, 0.5) is 5.69 Å². The number of carbonyl (C=O) groups is 1. The standard InChI is InChI=1S/C14H22N2O2/c1-4-15-13(14(17)18)8-9-16(3)12-7-5-6-11(2)10-12/h5-7,10,13,15H,4,8-9H2,1-3H3,(H,17,18). The lowest BCUT2D eigenvalue weighted by Gasteiger charge is -2.22. The van der Waals surface area contributed by atoms with Crippen LogP contribution in [-0.2, 0) is 4.79 Å². The van der Waals surface area contributed by atoms with Gasteiger partial charge in [0.25, 0.3) is 0 Å². The van der Waals surface area contributed by atoms with Crippen molar-refractivity contribution in [2.24, 2.45) is 0 Å². The number of nitrogens with one attached hydrogen (secondary N) is 1. The van der Waals surface area contributed by atoms with E-state index in [-0.39, 0.29) is 0 Å². The van der Waals surface area contributed by atoms with E-state index in [1.165, 1.54) is 5.56 Å². The lowest BCUT2D eigenvalue weighted by molar-refractivity contribution is -0.139. The van der Waals surface area contributed by atoms with E-state index < -0.39 is 12.0 Å². The van der Waals surface area contributed by atoms with Gasteiger partial charge in [0.05, 0.1) is 0 Å². The number of hydrogen-bond donors (Lipinski definition) is 2. The van der Waals surface area contributed by atoms with Crippen LogP contribution < -0.4 is 10.2 Å². The molecule has 0 aromatic heterocycles. The van der Waals surface area contributed by atoms with Crippen molar-refractivity contribution in [1.29, 1.82) is 0 Å². The number of aliphatic carboxylic acids is 1. The molecule has 100 valence electrons. The molecular weight excluding hydrogens is 228 g/mol. The maximum Gasteiger partial charge on any atom is 0.320 e. The Balaban J connectivity index is 2.54. The van der Waals surface area contributed by atoms with Gasteiger partial charge in [-0.15, -0.1) is 0 Å². The first-order valence-corrected chi connectivity index (χ1v) is 6.28. The van der Waals surface area contributed by atoms with Crippen molar-refractivity contribution >= 4 is 11.7 Å². The van der Waals surface area contributed by atoms with E-state index in [4.69, 9.17) is 5.11 Å². The van der Waals surface area contributed by atoms with Gasteiger partial charge in [-0.25, -0.2) is 0 Å². The first-order chi connectivity index (χ1) is 8.54. The summed E-state index contributed by atoms with van der Waals surface area (Å²) in [6.45, 7) is 5.36. The van der Waals surface area contributed by atoms with Gasteiger partial charge in [-0.3, -0.25) is 4.79 Å². The molecule has 1 atom stereocenters. The second kappa shape index (κ2) is 7.01. The van der Waals surface area contributed by atoms with Gasteiger partial charge in [0.1, 0.15) is 6.04 Å². The topological polar surface area (TPSA) is 52.6 Å². The summed E-state index contributed by atoms with van der Waals surface area (Å²) in [5.41, 5.74) is 2.33. The molecule has 0 saturated carbocycles. The van der Waals surface area contributed by atoms with E-state index in [0.717, 1.165) is 5.69 Å². The smallest absolute Gasteiger partial charge is 0.320 e. The van der Waals surface area contributed by atoms with Crippen LogP contribution in [-0.4, -0.2) is 37.3 Å². The zero-order valence-corrected chi connectivity index (χ0v) is 11.3. The molecule has 0 radical (unpaired) electrons. The summed E-state index contributed by atoms with van der Waals surface area (Å²) in [6, 6.07) is 7.73. The highest BCUT2D eigenvalue weighted by Gasteiger charge is 2.16. The predicted molar refractivity (Wildman–Crippen MR) is 74.2 cm³/mol. The highest BCUT2D eigenvalue weighted by molar-refractivity contribution is 5.73. The third-order valence-electron chi connectivity index (χ3n) is 2.94. The minimum absolute atomic E-state index is 0.470. The molecule has 4 heteroatoms. The second-order valence-corrected chi connectivity index (χ2v) is 4.50. The summed E-state index contributed by atoms with van der Waals surface area (Å²) in [5, 5.41) is 12.0. The van der Waals surface area contributed by atoms with Crippen LogP contribution in [0.25, 0.3) is 0 Å². The lowest BCUT2D eigenvalue weighted by atomic mass is 10.1. The third-order valence-corrected chi connectivity index (χ3v) is 2.94. The first-order valence-electron chi connectivity index (χ1n) is 6.28. The van der Waals surface area contributed by atoms with Crippen molar-refractivity contribution in [1.82, 2.24) is 5.32 Å². The molecule has 1 aromatic carbocycles. The fourth-order valence-corrected chi connectivity index (χ4v) is 1.88. The number of benzene rings is 1. The number of nitrogens with zero attached hydrogens (tertiary/aromatic N) is 1. The molecule has 0 bridgehead atoms.